The number of anilines is 1. The number of hydrogen-bond donors (Lipinski definition) is 0. The van der Waals surface area contributed by atoms with E-state index in [-0.39, 0.29) is 0 Å². The zero-order chi connectivity index (χ0) is 15.5. The van der Waals surface area contributed by atoms with Crippen molar-refractivity contribution in [2.24, 2.45) is 0 Å². The van der Waals surface area contributed by atoms with E-state index in [0.29, 0.717) is 0 Å². The molecule has 0 bridgehead atoms. The van der Waals surface area contributed by atoms with Gasteiger partial charge >= 0.3 is 0 Å². The van der Waals surface area contributed by atoms with E-state index in [0.717, 1.165) is 55.0 Å². The third-order valence-corrected chi connectivity index (χ3v) is 4.80. The van der Waals surface area contributed by atoms with E-state index in [9.17, 15) is 0 Å². The van der Waals surface area contributed by atoms with Crippen LogP contribution in [0.4, 0.5) is 5.95 Å². The Morgan fingerprint density at radius 3 is 2.65 bits per heavy atom. The van der Waals surface area contributed by atoms with Crippen LogP contribution in [0.2, 0.25) is 0 Å². The maximum Gasteiger partial charge on any atom is 0.225 e. The summed E-state index contributed by atoms with van der Waals surface area (Å²) < 4.78 is 5.44. The van der Waals surface area contributed by atoms with Gasteiger partial charge in [-0.3, -0.25) is 4.90 Å². The molecule has 3 aromatic heterocycles. The van der Waals surface area contributed by atoms with Crippen molar-refractivity contribution < 1.29 is 4.52 Å². The lowest BCUT2D eigenvalue weighted by Gasteiger charge is -2.34. The number of piperazine rings is 1. The van der Waals surface area contributed by atoms with E-state index in [1.54, 1.807) is 23.7 Å². The van der Waals surface area contributed by atoms with E-state index in [1.807, 2.05) is 29.6 Å². The SMILES string of the molecule is c1cnc(N2CCN(Cc3cc(-c4cccs4)on3)CC2)nc1. The molecule has 4 heterocycles. The second-order valence-corrected chi connectivity index (χ2v) is 6.42. The average molecular weight is 327 g/mol. The minimum atomic E-state index is 0.813. The van der Waals surface area contributed by atoms with Crippen LogP contribution in [-0.4, -0.2) is 46.2 Å². The molecule has 1 saturated heterocycles. The van der Waals surface area contributed by atoms with Gasteiger partial charge in [0.25, 0.3) is 0 Å². The number of rotatable bonds is 4. The zero-order valence-corrected chi connectivity index (χ0v) is 13.4. The molecule has 0 aromatic carbocycles. The molecule has 0 aliphatic carbocycles. The molecular weight excluding hydrogens is 310 g/mol. The van der Waals surface area contributed by atoms with Crippen molar-refractivity contribution in [2.45, 2.75) is 6.54 Å². The van der Waals surface area contributed by atoms with Gasteiger partial charge in [0.1, 0.15) is 0 Å². The van der Waals surface area contributed by atoms with Crippen molar-refractivity contribution in [1.82, 2.24) is 20.0 Å². The van der Waals surface area contributed by atoms with Gasteiger partial charge in [0.15, 0.2) is 5.76 Å². The molecule has 0 radical (unpaired) electrons. The fraction of sp³-hybridized carbons (Fsp3) is 0.312. The summed E-state index contributed by atoms with van der Waals surface area (Å²) in [4.78, 5) is 14.3. The van der Waals surface area contributed by atoms with E-state index in [1.165, 1.54) is 0 Å². The van der Waals surface area contributed by atoms with Gasteiger partial charge in [-0.15, -0.1) is 11.3 Å². The van der Waals surface area contributed by atoms with Gasteiger partial charge in [0.05, 0.1) is 10.6 Å². The summed E-state index contributed by atoms with van der Waals surface area (Å²) in [6.45, 7) is 4.62. The number of aromatic nitrogens is 3. The minimum absolute atomic E-state index is 0.813. The Morgan fingerprint density at radius 1 is 1.09 bits per heavy atom. The molecule has 0 N–H and O–H groups in total. The standard InChI is InChI=1S/C16H17N5OS/c1-3-15(23-10-1)14-11-13(19-22-14)12-20-6-8-21(9-7-20)16-17-4-2-5-18-16/h1-5,10-11H,6-9,12H2. The minimum Gasteiger partial charge on any atom is -0.355 e. The molecule has 0 unspecified atom stereocenters. The van der Waals surface area contributed by atoms with Crippen LogP contribution in [0.25, 0.3) is 10.6 Å². The molecule has 0 saturated carbocycles. The van der Waals surface area contributed by atoms with E-state index in [4.69, 9.17) is 4.52 Å². The molecule has 1 aliphatic rings. The van der Waals surface area contributed by atoms with Crippen molar-refractivity contribution >= 4 is 17.3 Å². The molecule has 118 valence electrons. The van der Waals surface area contributed by atoms with Gasteiger partial charge in [-0.25, -0.2) is 9.97 Å². The van der Waals surface area contributed by atoms with Crippen LogP contribution >= 0.6 is 11.3 Å². The summed E-state index contributed by atoms with van der Waals surface area (Å²) in [6, 6.07) is 7.95. The Morgan fingerprint density at radius 2 is 1.91 bits per heavy atom. The predicted molar refractivity (Wildman–Crippen MR) is 89.3 cm³/mol. The highest BCUT2D eigenvalue weighted by Gasteiger charge is 2.20. The van der Waals surface area contributed by atoms with E-state index < -0.39 is 0 Å². The predicted octanol–water partition coefficient (Wildman–Crippen LogP) is 2.52. The van der Waals surface area contributed by atoms with Crippen molar-refractivity contribution in [1.29, 1.82) is 0 Å². The molecule has 3 aromatic rings. The molecule has 4 rings (SSSR count). The first kappa shape index (κ1) is 14.3. The third-order valence-electron chi connectivity index (χ3n) is 3.92. The summed E-state index contributed by atoms with van der Waals surface area (Å²) >= 11 is 1.67. The van der Waals surface area contributed by atoms with Crippen LogP contribution in [0, 0.1) is 0 Å². The lowest BCUT2D eigenvalue weighted by Crippen LogP contribution is -2.46. The highest BCUT2D eigenvalue weighted by Crippen LogP contribution is 2.25. The summed E-state index contributed by atoms with van der Waals surface area (Å²) in [5.74, 6) is 1.67. The quantitative estimate of drug-likeness (QED) is 0.734. The van der Waals surface area contributed by atoms with Crippen molar-refractivity contribution in [2.75, 3.05) is 31.1 Å². The van der Waals surface area contributed by atoms with Gasteiger partial charge < -0.3 is 9.42 Å². The van der Waals surface area contributed by atoms with Gasteiger partial charge in [-0.1, -0.05) is 11.2 Å². The van der Waals surface area contributed by atoms with E-state index >= 15 is 0 Å². The molecule has 1 aliphatic heterocycles. The third kappa shape index (κ3) is 3.25. The van der Waals surface area contributed by atoms with E-state index in [2.05, 4.69) is 24.9 Å². The van der Waals surface area contributed by atoms with Gasteiger partial charge in [0.2, 0.25) is 5.95 Å². The average Bonchev–Trinajstić information content (AvgIpc) is 3.28. The molecule has 7 heteroatoms. The van der Waals surface area contributed by atoms with Gasteiger partial charge in [-0.05, 0) is 17.5 Å². The maximum absolute atomic E-state index is 5.44. The number of nitrogens with zero attached hydrogens (tertiary/aromatic N) is 5. The summed E-state index contributed by atoms with van der Waals surface area (Å²) in [5, 5.41) is 6.24. The Balaban J connectivity index is 1.35. The smallest absolute Gasteiger partial charge is 0.225 e. The molecule has 0 amide bonds. The molecule has 0 spiro atoms. The molecular formula is C16H17N5OS. The Kier molecular flexibility index (Phi) is 4.04. The highest BCUT2D eigenvalue weighted by atomic mass is 32.1. The molecule has 23 heavy (non-hydrogen) atoms. The summed E-state index contributed by atoms with van der Waals surface area (Å²) in [5.41, 5.74) is 0.984. The highest BCUT2D eigenvalue weighted by molar-refractivity contribution is 7.13. The summed E-state index contributed by atoms with van der Waals surface area (Å²) in [7, 11) is 0. The second kappa shape index (κ2) is 6.47. The lowest BCUT2D eigenvalue weighted by molar-refractivity contribution is 0.241. The van der Waals surface area contributed by atoms with Gasteiger partial charge in [0, 0.05) is 51.2 Å². The first-order valence-corrected chi connectivity index (χ1v) is 8.50. The lowest BCUT2D eigenvalue weighted by atomic mass is 10.2. The van der Waals surface area contributed by atoms with Crippen LogP contribution in [0.15, 0.2) is 46.6 Å². The molecule has 6 nitrogen and oxygen atoms in total. The number of hydrogen-bond acceptors (Lipinski definition) is 7. The largest absolute Gasteiger partial charge is 0.355 e. The Bertz CT molecular complexity index is 735. The first-order valence-electron chi connectivity index (χ1n) is 7.62. The summed E-state index contributed by atoms with van der Waals surface area (Å²) in [6.07, 6.45) is 3.58. The van der Waals surface area contributed by atoms with Crippen molar-refractivity contribution in [3.8, 4) is 10.6 Å². The van der Waals surface area contributed by atoms with Gasteiger partial charge in [-0.2, -0.15) is 0 Å². The zero-order valence-electron chi connectivity index (χ0n) is 12.6. The monoisotopic (exact) mass is 327 g/mol. The topological polar surface area (TPSA) is 58.3 Å². The van der Waals surface area contributed by atoms with Crippen LogP contribution in [0.5, 0.6) is 0 Å². The fourth-order valence-corrected chi connectivity index (χ4v) is 3.38. The second-order valence-electron chi connectivity index (χ2n) is 5.47. The van der Waals surface area contributed by atoms with Crippen molar-refractivity contribution in [3.63, 3.8) is 0 Å². The van der Waals surface area contributed by atoms with Crippen LogP contribution < -0.4 is 4.90 Å². The number of thiophene rings is 1. The Hall–Kier alpha value is -2.25. The Labute approximate surface area is 138 Å². The fourth-order valence-electron chi connectivity index (χ4n) is 2.71. The maximum atomic E-state index is 5.44. The first-order chi connectivity index (χ1) is 11.4. The normalized spacial score (nSPS) is 15.9. The van der Waals surface area contributed by atoms with Crippen LogP contribution in [0.3, 0.4) is 0 Å². The molecule has 1 fully saturated rings. The van der Waals surface area contributed by atoms with Crippen LogP contribution in [-0.2, 0) is 6.54 Å². The van der Waals surface area contributed by atoms with Crippen molar-refractivity contribution in [3.05, 3.63) is 47.7 Å². The van der Waals surface area contributed by atoms with Crippen LogP contribution in [0.1, 0.15) is 5.69 Å². The molecule has 0 atom stereocenters.